The molecule has 176 valence electrons. The second-order valence-corrected chi connectivity index (χ2v) is 7.44. The molecule has 1 aromatic carbocycles. The van der Waals surface area contributed by atoms with Crippen molar-refractivity contribution in [2.45, 2.75) is 19.3 Å². The molecule has 0 unspecified atom stereocenters. The molecule has 9 nitrogen and oxygen atoms in total. The second-order valence-electron chi connectivity index (χ2n) is 7.44. The SMILES string of the molecule is CN1CCN(C(=O)CCNc2nc(NCc3ccccc3OC(F)(F)F)ncc2C#N)CC1. The van der Waals surface area contributed by atoms with Crippen molar-refractivity contribution in [1.29, 1.82) is 5.26 Å². The van der Waals surface area contributed by atoms with Gasteiger partial charge in [0.2, 0.25) is 11.9 Å². The highest BCUT2D eigenvalue weighted by atomic mass is 19.4. The normalized spacial score (nSPS) is 14.5. The molecule has 1 saturated heterocycles. The van der Waals surface area contributed by atoms with E-state index in [1.54, 1.807) is 11.0 Å². The molecule has 0 bridgehead atoms. The third-order valence-corrected chi connectivity index (χ3v) is 5.03. The number of aromatic nitrogens is 2. The molecule has 3 rings (SSSR count). The zero-order valence-corrected chi connectivity index (χ0v) is 18.0. The summed E-state index contributed by atoms with van der Waals surface area (Å²) in [5.41, 5.74) is 0.448. The van der Waals surface area contributed by atoms with Crippen LogP contribution < -0.4 is 15.4 Å². The van der Waals surface area contributed by atoms with E-state index < -0.39 is 6.36 Å². The van der Waals surface area contributed by atoms with Crippen molar-refractivity contribution >= 4 is 17.7 Å². The van der Waals surface area contributed by atoms with Crippen LogP contribution >= 0.6 is 0 Å². The summed E-state index contributed by atoms with van der Waals surface area (Å²) in [5, 5.41) is 15.1. The van der Waals surface area contributed by atoms with Gasteiger partial charge in [0, 0.05) is 51.3 Å². The van der Waals surface area contributed by atoms with Gasteiger partial charge in [-0.25, -0.2) is 4.98 Å². The Labute approximate surface area is 189 Å². The van der Waals surface area contributed by atoms with Crippen LogP contribution in [-0.4, -0.2) is 71.8 Å². The first kappa shape index (κ1) is 24.1. The predicted molar refractivity (Wildman–Crippen MR) is 114 cm³/mol. The van der Waals surface area contributed by atoms with Crippen LogP contribution in [0.3, 0.4) is 0 Å². The maximum absolute atomic E-state index is 12.6. The number of carbonyl (C=O) groups is 1. The minimum Gasteiger partial charge on any atom is -0.405 e. The maximum atomic E-state index is 12.6. The van der Waals surface area contributed by atoms with E-state index in [-0.39, 0.29) is 54.1 Å². The van der Waals surface area contributed by atoms with Gasteiger partial charge in [-0.05, 0) is 13.1 Å². The number of para-hydroxylation sites is 1. The average Bonchev–Trinajstić information content (AvgIpc) is 2.78. The Morgan fingerprint density at radius 2 is 1.94 bits per heavy atom. The van der Waals surface area contributed by atoms with Crippen LogP contribution in [0.5, 0.6) is 5.75 Å². The number of amides is 1. The first-order valence-electron chi connectivity index (χ1n) is 10.3. The van der Waals surface area contributed by atoms with Gasteiger partial charge in [0.1, 0.15) is 23.2 Å². The number of piperazine rings is 1. The van der Waals surface area contributed by atoms with Crippen molar-refractivity contribution in [3.05, 3.63) is 41.6 Å². The molecule has 0 saturated carbocycles. The Hall–Kier alpha value is -3.59. The summed E-state index contributed by atoms with van der Waals surface area (Å²) >= 11 is 0. The number of nitrogens with one attached hydrogen (secondary N) is 2. The van der Waals surface area contributed by atoms with E-state index in [1.165, 1.54) is 24.4 Å². The van der Waals surface area contributed by atoms with Crippen molar-refractivity contribution in [3.63, 3.8) is 0 Å². The van der Waals surface area contributed by atoms with Crippen LogP contribution in [0.25, 0.3) is 0 Å². The highest BCUT2D eigenvalue weighted by Gasteiger charge is 2.32. The number of halogens is 3. The second kappa shape index (κ2) is 10.8. The van der Waals surface area contributed by atoms with Gasteiger partial charge in [0.15, 0.2) is 0 Å². The number of anilines is 2. The first-order valence-corrected chi connectivity index (χ1v) is 10.3. The Morgan fingerprint density at radius 3 is 2.64 bits per heavy atom. The molecule has 2 heterocycles. The van der Waals surface area contributed by atoms with Crippen molar-refractivity contribution < 1.29 is 22.7 Å². The number of benzene rings is 1. The molecule has 2 N–H and O–H groups in total. The van der Waals surface area contributed by atoms with E-state index in [4.69, 9.17) is 0 Å². The van der Waals surface area contributed by atoms with Crippen LogP contribution in [-0.2, 0) is 11.3 Å². The van der Waals surface area contributed by atoms with Gasteiger partial charge in [-0.3, -0.25) is 4.79 Å². The van der Waals surface area contributed by atoms with Crippen LogP contribution in [0.15, 0.2) is 30.5 Å². The molecule has 1 aliphatic rings. The van der Waals surface area contributed by atoms with Crippen LogP contribution in [0.1, 0.15) is 17.5 Å². The van der Waals surface area contributed by atoms with Gasteiger partial charge in [0.25, 0.3) is 0 Å². The van der Waals surface area contributed by atoms with Crippen molar-refractivity contribution in [2.75, 3.05) is 50.4 Å². The average molecular weight is 463 g/mol. The molecule has 33 heavy (non-hydrogen) atoms. The topological polar surface area (TPSA) is 106 Å². The van der Waals surface area contributed by atoms with E-state index in [2.05, 4.69) is 30.2 Å². The Morgan fingerprint density at radius 1 is 1.21 bits per heavy atom. The molecule has 12 heteroatoms. The van der Waals surface area contributed by atoms with E-state index in [1.807, 2.05) is 13.1 Å². The number of alkyl halides is 3. The van der Waals surface area contributed by atoms with Gasteiger partial charge in [-0.15, -0.1) is 13.2 Å². The molecule has 0 radical (unpaired) electrons. The lowest BCUT2D eigenvalue weighted by Gasteiger charge is -2.32. The lowest BCUT2D eigenvalue weighted by atomic mass is 10.2. The Balaban J connectivity index is 1.59. The zero-order chi connectivity index (χ0) is 23.8. The summed E-state index contributed by atoms with van der Waals surface area (Å²) in [6.45, 7) is 3.27. The lowest BCUT2D eigenvalue weighted by Crippen LogP contribution is -2.47. The maximum Gasteiger partial charge on any atom is 0.573 e. The summed E-state index contributed by atoms with van der Waals surface area (Å²) in [5.74, 6) is 0.0411. The highest BCUT2D eigenvalue weighted by molar-refractivity contribution is 5.77. The van der Waals surface area contributed by atoms with E-state index in [0.29, 0.717) is 13.1 Å². The molecular formula is C21H24F3N7O2. The highest BCUT2D eigenvalue weighted by Crippen LogP contribution is 2.26. The van der Waals surface area contributed by atoms with E-state index in [9.17, 15) is 23.2 Å². The molecule has 1 fully saturated rings. The Kier molecular flexibility index (Phi) is 7.89. The molecular weight excluding hydrogens is 439 g/mol. The van der Waals surface area contributed by atoms with Gasteiger partial charge >= 0.3 is 6.36 Å². The summed E-state index contributed by atoms with van der Waals surface area (Å²) in [6.07, 6.45) is -3.26. The van der Waals surface area contributed by atoms with Crippen molar-refractivity contribution in [2.24, 2.45) is 0 Å². The molecule has 2 aromatic rings. The van der Waals surface area contributed by atoms with Gasteiger partial charge in [0.05, 0.1) is 6.20 Å². The monoisotopic (exact) mass is 463 g/mol. The standard InChI is InChI=1S/C21H24F3N7O2/c1-30-8-10-31(11-9-30)18(32)6-7-26-19-16(12-25)14-28-20(29-19)27-13-15-4-2-3-5-17(15)33-21(22,23)24/h2-5,14H,6-11,13H2,1H3,(H2,26,27,28,29). The minimum atomic E-state index is -4.81. The predicted octanol–water partition coefficient (Wildman–Crippen LogP) is 2.43. The summed E-state index contributed by atoms with van der Waals surface area (Å²) in [7, 11) is 2.01. The van der Waals surface area contributed by atoms with E-state index in [0.717, 1.165) is 13.1 Å². The fourth-order valence-corrected chi connectivity index (χ4v) is 3.23. The summed E-state index contributed by atoms with van der Waals surface area (Å²) in [6, 6.07) is 7.71. The number of nitrogens with zero attached hydrogens (tertiary/aromatic N) is 5. The quantitative estimate of drug-likeness (QED) is 0.615. The first-order chi connectivity index (χ1) is 15.7. The molecule has 0 atom stereocenters. The number of nitriles is 1. The molecule has 1 aromatic heterocycles. The molecule has 0 spiro atoms. The smallest absolute Gasteiger partial charge is 0.405 e. The molecule has 1 amide bonds. The molecule has 0 aliphatic carbocycles. The molecule has 1 aliphatic heterocycles. The lowest BCUT2D eigenvalue weighted by molar-refractivity contribution is -0.274. The number of hydrogen-bond donors (Lipinski definition) is 2. The van der Waals surface area contributed by atoms with Crippen molar-refractivity contribution in [1.82, 2.24) is 19.8 Å². The Bertz CT molecular complexity index is 1000. The summed E-state index contributed by atoms with van der Waals surface area (Å²) in [4.78, 5) is 24.6. The third kappa shape index (κ3) is 7.21. The zero-order valence-electron chi connectivity index (χ0n) is 18.0. The number of carbonyl (C=O) groups excluding carboxylic acids is 1. The largest absolute Gasteiger partial charge is 0.573 e. The fraction of sp³-hybridized carbons (Fsp3) is 0.429. The van der Waals surface area contributed by atoms with Gasteiger partial charge in [-0.1, -0.05) is 18.2 Å². The minimum absolute atomic E-state index is 0.0165. The van der Waals surface area contributed by atoms with Gasteiger partial charge in [-0.2, -0.15) is 10.2 Å². The van der Waals surface area contributed by atoms with Crippen LogP contribution in [0.2, 0.25) is 0 Å². The van der Waals surface area contributed by atoms with Crippen LogP contribution in [0.4, 0.5) is 24.9 Å². The number of likely N-dealkylation sites (N-methyl/N-ethyl adjacent to an activating group) is 1. The van der Waals surface area contributed by atoms with Crippen LogP contribution in [0, 0.1) is 11.3 Å². The van der Waals surface area contributed by atoms with E-state index >= 15 is 0 Å². The third-order valence-electron chi connectivity index (χ3n) is 5.03. The van der Waals surface area contributed by atoms with Gasteiger partial charge < -0.3 is 25.2 Å². The summed E-state index contributed by atoms with van der Waals surface area (Å²) < 4.78 is 41.8. The number of rotatable bonds is 8. The van der Waals surface area contributed by atoms with Crippen molar-refractivity contribution in [3.8, 4) is 11.8 Å². The number of ether oxygens (including phenoxy) is 1. The number of hydrogen-bond acceptors (Lipinski definition) is 8. The fourth-order valence-electron chi connectivity index (χ4n) is 3.23.